The van der Waals surface area contributed by atoms with E-state index in [-0.39, 0.29) is 11.6 Å². The number of benzene rings is 4. The Kier molecular flexibility index (Phi) is 6.87. The van der Waals surface area contributed by atoms with E-state index in [9.17, 15) is 4.79 Å². The molecule has 1 aliphatic carbocycles. The van der Waals surface area contributed by atoms with Crippen molar-refractivity contribution in [3.8, 4) is 5.75 Å². The van der Waals surface area contributed by atoms with Crippen molar-refractivity contribution in [2.45, 2.75) is 25.5 Å². The minimum absolute atomic E-state index is 0.0694. The molecule has 41 heavy (non-hydrogen) atoms. The van der Waals surface area contributed by atoms with Crippen LogP contribution in [0, 0.1) is 0 Å². The van der Waals surface area contributed by atoms with Crippen LogP contribution in [0.25, 0.3) is 11.8 Å². The summed E-state index contributed by atoms with van der Waals surface area (Å²) in [5, 5.41) is 1.32. The van der Waals surface area contributed by atoms with Crippen molar-refractivity contribution < 1.29 is 4.74 Å². The third-order valence-electron chi connectivity index (χ3n) is 7.61. The van der Waals surface area contributed by atoms with Crippen LogP contribution in [-0.2, 0) is 13.0 Å². The Morgan fingerprint density at radius 1 is 0.902 bits per heavy atom. The van der Waals surface area contributed by atoms with Crippen LogP contribution < -0.4 is 19.6 Å². The smallest absolute Gasteiger partial charge is 0.271 e. The lowest BCUT2D eigenvalue weighted by atomic mass is 9.83. The van der Waals surface area contributed by atoms with Crippen LogP contribution in [0.1, 0.15) is 40.3 Å². The van der Waals surface area contributed by atoms with Crippen LogP contribution in [0.2, 0.25) is 10.0 Å². The van der Waals surface area contributed by atoms with Crippen LogP contribution in [0.3, 0.4) is 0 Å². The Morgan fingerprint density at radius 3 is 2.51 bits per heavy atom. The second kappa shape index (κ2) is 10.8. The fraction of sp³-hybridized carbons (Fsp3) is 0.118. The molecule has 4 nitrogen and oxygen atoms in total. The molecule has 1 atom stereocenters. The van der Waals surface area contributed by atoms with E-state index >= 15 is 0 Å². The largest absolute Gasteiger partial charge is 0.488 e. The van der Waals surface area contributed by atoms with Gasteiger partial charge >= 0.3 is 0 Å². The highest BCUT2D eigenvalue weighted by Gasteiger charge is 2.32. The second-order valence-electron chi connectivity index (χ2n) is 10.1. The molecule has 0 fully saturated rings. The van der Waals surface area contributed by atoms with Crippen LogP contribution in [0.4, 0.5) is 0 Å². The molecule has 0 saturated carbocycles. The van der Waals surface area contributed by atoms with Gasteiger partial charge in [0, 0.05) is 26.7 Å². The van der Waals surface area contributed by atoms with Gasteiger partial charge in [-0.3, -0.25) is 9.36 Å². The molecule has 7 heteroatoms. The van der Waals surface area contributed by atoms with E-state index < -0.39 is 0 Å². The highest BCUT2D eigenvalue weighted by atomic mass is 35.5. The molecule has 2 aliphatic rings. The number of aromatic nitrogens is 1. The van der Waals surface area contributed by atoms with Crippen molar-refractivity contribution in [3.05, 3.63) is 160 Å². The Labute approximate surface area is 251 Å². The summed E-state index contributed by atoms with van der Waals surface area (Å²) < 4.78 is 8.62. The molecule has 4 aromatic carbocycles. The third-order valence-corrected chi connectivity index (χ3v) is 9.21. The molecule has 1 aliphatic heterocycles. The Morgan fingerprint density at radius 2 is 1.66 bits per heavy atom. The molecule has 0 amide bonds. The lowest BCUT2D eigenvalue weighted by Gasteiger charge is -2.30. The summed E-state index contributed by atoms with van der Waals surface area (Å²) in [6.45, 7) is 0.328. The van der Waals surface area contributed by atoms with Crippen LogP contribution in [-0.4, -0.2) is 4.57 Å². The molecule has 0 unspecified atom stereocenters. The quantitative estimate of drug-likeness (QED) is 0.216. The topological polar surface area (TPSA) is 43.6 Å². The first kappa shape index (κ1) is 26.0. The number of hydrogen-bond donors (Lipinski definition) is 0. The van der Waals surface area contributed by atoms with Gasteiger partial charge in [0.15, 0.2) is 4.80 Å². The third kappa shape index (κ3) is 4.84. The summed E-state index contributed by atoms with van der Waals surface area (Å²) in [6.07, 6.45) is 3.65. The van der Waals surface area contributed by atoms with Crippen LogP contribution in [0.15, 0.2) is 112 Å². The standard InChI is InChI=1S/C34H24Cl2N2O2S/c35-25-16-13-22(14-17-25)32-27-18-15-21-7-1-4-10-26(21)31(27)37-34-38(32)33(39)30(41-34)19-23-8-3-6-12-29(23)40-20-24-9-2-5-11-28(24)36/h1-14,16-17,19,32H,15,18,20H2/b30-19+/t32-/m1/s1. The van der Waals surface area contributed by atoms with E-state index in [1.165, 1.54) is 16.9 Å². The van der Waals surface area contributed by atoms with E-state index in [1.807, 2.05) is 83.4 Å². The van der Waals surface area contributed by atoms with E-state index in [0.29, 0.717) is 31.7 Å². The number of aryl methyl sites for hydroxylation is 1. The summed E-state index contributed by atoms with van der Waals surface area (Å²) in [6, 6.07) is 31.3. The molecule has 1 aromatic heterocycles. The lowest BCUT2D eigenvalue weighted by Crippen LogP contribution is -2.38. The maximum absolute atomic E-state index is 14.1. The Balaban J connectivity index is 1.36. The molecule has 202 valence electrons. The SMILES string of the molecule is O=c1/c(=C\c2ccccc2OCc2ccccc2Cl)sc2n1[C@H](c1ccc(Cl)cc1)C1=C(N=2)c2ccccc2CC1. The predicted molar refractivity (Wildman–Crippen MR) is 166 cm³/mol. The number of allylic oxidation sites excluding steroid dienone is 1. The average molecular weight is 596 g/mol. The van der Waals surface area contributed by atoms with E-state index in [1.54, 1.807) is 0 Å². The Hall–Kier alpha value is -3.90. The van der Waals surface area contributed by atoms with Gasteiger partial charge in [-0.1, -0.05) is 107 Å². The second-order valence-corrected chi connectivity index (χ2v) is 11.9. The lowest BCUT2D eigenvalue weighted by molar-refractivity contribution is 0.305. The number of halogens is 2. The van der Waals surface area contributed by atoms with Gasteiger partial charge in [-0.2, -0.15) is 0 Å². The van der Waals surface area contributed by atoms with Crippen LogP contribution >= 0.6 is 34.5 Å². The molecular formula is C34H24Cl2N2O2S. The number of thiazole rings is 1. The molecule has 2 heterocycles. The maximum atomic E-state index is 14.1. The number of fused-ring (bicyclic) bond motifs is 3. The van der Waals surface area contributed by atoms with Crippen molar-refractivity contribution in [1.29, 1.82) is 0 Å². The maximum Gasteiger partial charge on any atom is 0.271 e. The van der Waals surface area contributed by atoms with Gasteiger partial charge < -0.3 is 4.74 Å². The van der Waals surface area contributed by atoms with Crippen LogP contribution in [0.5, 0.6) is 5.75 Å². The first-order chi connectivity index (χ1) is 20.1. The van der Waals surface area contributed by atoms with Crippen molar-refractivity contribution in [1.82, 2.24) is 4.57 Å². The van der Waals surface area contributed by atoms with E-state index in [2.05, 4.69) is 24.3 Å². The molecular weight excluding hydrogens is 571 g/mol. The van der Waals surface area contributed by atoms with Crippen molar-refractivity contribution in [2.24, 2.45) is 4.99 Å². The number of rotatable bonds is 5. The molecule has 5 aromatic rings. The Bertz CT molecular complexity index is 2010. The van der Waals surface area contributed by atoms with Crippen molar-refractivity contribution >= 4 is 46.3 Å². The number of hydrogen-bond acceptors (Lipinski definition) is 4. The number of ether oxygens (including phenoxy) is 1. The fourth-order valence-corrected chi connectivity index (χ4v) is 6.92. The predicted octanol–water partition coefficient (Wildman–Crippen LogP) is 7.20. The molecule has 7 rings (SSSR count). The molecule has 0 N–H and O–H groups in total. The first-order valence-electron chi connectivity index (χ1n) is 13.4. The van der Waals surface area contributed by atoms with E-state index in [4.69, 9.17) is 32.9 Å². The number of para-hydroxylation sites is 1. The average Bonchev–Trinajstić information content (AvgIpc) is 3.31. The monoisotopic (exact) mass is 594 g/mol. The highest BCUT2D eigenvalue weighted by molar-refractivity contribution is 7.07. The number of nitrogens with zero attached hydrogens (tertiary/aromatic N) is 2. The molecule has 0 saturated heterocycles. The summed E-state index contributed by atoms with van der Waals surface area (Å²) in [4.78, 5) is 19.9. The molecule has 0 bridgehead atoms. The fourth-order valence-electron chi connectivity index (χ4n) is 5.61. The zero-order chi connectivity index (χ0) is 27.9. The molecule has 0 spiro atoms. The van der Waals surface area contributed by atoms with Crippen molar-refractivity contribution in [3.63, 3.8) is 0 Å². The summed E-state index contributed by atoms with van der Waals surface area (Å²) >= 11 is 14.0. The van der Waals surface area contributed by atoms with Gasteiger partial charge in [0.25, 0.3) is 5.56 Å². The van der Waals surface area contributed by atoms with E-state index in [0.717, 1.165) is 46.4 Å². The summed E-state index contributed by atoms with van der Waals surface area (Å²) in [7, 11) is 0. The van der Waals surface area contributed by atoms with Gasteiger partial charge in [-0.05, 0) is 59.9 Å². The van der Waals surface area contributed by atoms with Gasteiger partial charge in [0.1, 0.15) is 12.4 Å². The minimum Gasteiger partial charge on any atom is -0.488 e. The van der Waals surface area contributed by atoms with Gasteiger partial charge in [-0.15, -0.1) is 0 Å². The minimum atomic E-state index is -0.249. The van der Waals surface area contributed by atoms with Gasteiger partial charge in [0.2, 0.25) is 0 Å². The first-order valence-corrected chi connectivity index (χ1v) is 15.0. The highest BCUT2D eigenvalue weighted by Crippen LogP contribution is 2.41. The van der Waals surface area contributed by atoms with Crippen molar-refractivity contribution in [2.75, 3.05) is 0 Å². The zero-order valence-corrected chi connectivity index (χ0v) is 24.2. The normalized spacial score (nSPS) is 16.0. The summed E-state index contributed by atoms with van der Waals surface area (Å²) in [5.41, 5.74) is 7.24. The van der Waals surface area contributed by atoms with Gasteiger partial charge in [-0.25, -0.2) is 4.99 Å². The molecule has 0 radical (unpaired) electrons. The van der Waals surface area contributed by atoms with Gasteiger partial charge in [0.05, 0.1) is 16.3 Å². The summed E-state index contributed by atoms with van der Waals surface area (Å²) in [5.74, 6) is 0.681. The zero-order valence-electron chi connectivity index (χ0n) is 21.9.